The Hall–Kier alpha value is -5.67. The first kappa shape index (κ1) is 29.5. The van der Waals surface area contributed by atoms with Crippen LogP contribution >= 0.6 is 0 Å². The molecule has 0 nitrogen and oxygen atoms in total. The number of fused-ring (bicyclic) bond motifs is 6. The Kier molecular flexibility index (Phi) is 6.42. The van der Waals surface area contributed by atoms with Crippen LogP contribution in [0.1, 0.15) is 30.5 Å². The molecular formula is C46H31F3. The van der Waals surface area contributed by atoms with Gasteiger partial charge in [-0.2, -0.15) is 13.2 Å². The molecule has 0 N–H and O–H groups in total. The number of hydrogen-bond acceptors (Lipinski definition) is 0. The van der Waals surface area contributed by atoms with E-state index in [0.29, 0.717) is 0 Å². The highest BCUT2D eigenvalue weighted by Crippen LogP contribution is 2.51. The van der Waals surface area contributed by atoms with Gasteiger partial charge in [-0.3, -0.25) is 0 Å². The molecule has 0 unspecified atom stereocenters. The summed E-state index contributed by atoms with van der Waals surface area (Å²) >= 11 is 0. The molecule has 8 aromatic carbocycles. The molecule has 0 saturated heterocycles. The van der Waals surface area contributed by atoms with Crippen molar-refractivity contribution in [3.8, 4) is 44.5 Å². The lowest BCUT2D eigenvalue weighted by molar-refractivity contribution is -0.137. The summed E-state index contributed by atoms with van der Waals surface area (Å²) in [6, 6.07) is 50.9. The van der Waals surface area contributed by atoms with E-state index >= 15 is 0 Å². The van der Waals surface area contributed by atoms with Crippen molar-refractivity contribution in [2.24, 2.45) is 0 Å². The zero-order valence-corrected chi connectivity index (χ0v) is 27.1. The van der Waals surface area contributed by atoms with Gasteiger partial charge in [0.05, 0.1) is 5.56 Å². The molecule has 0 fully saturated rings. The van der Waals surface area contributed by atoms with Crippen LogP contribution in [-0.4, -0.2) is 0 Å². The van der Waals surface area contributed by atoms with E-state index in [-0.39, 0.29) is 5.41 Å². The molecule has 1 aliphatic carbocycles. The monoisotopic (exact) mass is 640 g/mol. The molecule has 9 rings (SSSR count). The van der Waals surface area contributed by atoms with Gasteiger partial charge in [0.1, 0.15) is 0 Å². The summed E-state index contributed by atoms with van der Waals surface area (Å²) in [4.78, 5) is 0. The van der Waals surface area contributed by atoms with Gasteiger partial charge in [0, 0.05) is 5.41 Å². The summed E-state index contributed by atoms with van der Waals surface area (Å²) in [6.45, 7) is 4.59. The first-order valence-electron chi connectivity index (χ1n) is 16.6. The van der Waals surface area contributed by atoms with Crippen molar-refractivity contribution in [1.29, 1.82) is 0 Å². The van der Waals surface area contributed by atoms with Crippen LogP contribution in [0.3, 0.4) is 0 Å². The lowest BCUT2D eigenvalue weighted by Crippen LogP contribution is -2.14. The second-order valence-electron chi connectivity index (χ2n) is 13.6. The van der Waals surface area contributed by atoms with Crippen molar-refractivity contribution >= 4 is 32.3 Å². The van der Waals surface area contributed by atoms with Crippen molar-refractivity contribution in [2.75, 3.05) is 0 Å². The molecule has 0 amide bonds. The second-order valence-corrected chi connectivity index (χ2v) is 13.6. The first-order chi connectivity index (χ1) is 23.7. The number of benzene rings is 8. The Morgan fingerprint density at radius 3 is 1.71 bits per heavy atom. The zero-order valence-electron chi connectivity index (χ0n) is 27.1. The van der Waals surface area contributed by atoms with Crippen LogP contribution in [0.15, 0.2) is 152 Å². The minimum atomic E-state index is -4.40. The van der Waals surface area contributed by atoms with Crippen LogP contribution in [0.4, 0.5) is 13.2 Å². The van der Waals surface area contributed by atoms with Crippen LogP contribution in [0.5, 0.6) is 0 Å². The Labute approximate surface area is 283 Å². The largest absolute Gasteiger partial charge is 0.416 e. The maximum atomic E-state index is 13.6. The third-order valence-corrected chi connectivity index (χ3v) is 10.5. The fourth-order valence-corrected chi connectivity index (χ4v) is 8.03. The fourth-order valence-electron chi connectivity index (χ4n) is 8.03. The maximum Gasteiger partial charge on any atom is 0.416 e. The van der Waals surface area contributed by atoms with Crippen molar-refractivity contribution in [3.63, 3.8) is 0 Å². The third kappa shape index (κ3) is 4.60. The number of hydrogen-bond donors (Lipinski definition) is 0. The van der Waals surface area contributed by atoms with E-state index in [0.717, 1.165) is 54.9 Å². The van der Waals surface area contributed by atoms with E-state index < -0.39 is 11.7 Å². The normalized spacial score (nSPS) is 13.6. The Balaban J connectivity index is 1.35. The van der Waals surface area contributed by atoms with E-state index in [2.05, 4.69) is 135 Å². The van der Waals surface area contributed by atoms with E-state index in [9.17, 15) is 13.2 Å². The van der Waals surface area contributed by atoms with Crippen molar-refractivity contribution in [3.05, 3.63) is 168 Å². The number of halogens is 3. The summed E-state index contributed by atoms with van der Waals surface area (Å²) < 4.78 is 40.8. The number of rotatable bonds is 3. The van der Waals surface area contributed by atoms with Crippen molar-refractivity contribution in [1.82, 2.24) is 0 Å². The molecule has 0 bridgehead atoms. The van der Waals surface area contributed by atoms with Gasteiger partial charge in [-0.1, -0.05) is 135 Å². The van der Waals surface area contributed by atoms with Crippen molar-refractivity contribution in [2.45, 2.75) is 25.4 Å². The lowest BCUT2D eigenvalue weighted by Gasteiger charge is -2.23. The van der Waals surface area contributed by atoms with E-state index in [4.69, 9.17) is 0 Å². The summed E-state index contributed by atoms with van der Waals surface area (Å²) in [5.41, 5.74) is 10.5. The maximum absolute atomic E-state index is 13.6. The van der Waals surface area contributed by atoms with Crippen molar-refractivity contribution < 1.29 is 13.2 Å². The van der Waals surface area contributed by atoms with E-state index in [1.54, 1.807) is 12.1 Å². The van der Waals surface area contributed by atoms with Gasteiger partial charge >= 0.3 is 6.18 Å². The average molecular weight is 641 g/mol. The predicted molar refractivity (Wildman–Crippen MR) is 198 cm³/mol. The van der Waals surface area contributed by atoms with Crippen LogP contribution in [-0.2, 0) is 11.6 Å². The molecule has 236 valence electrons. The van der Waals surface area contributed by atoms with Gasteiger partial charge in [-0.05, 0) is 118 Å². The van der Waals surface area contributed by atoms with Crippen LogP contribution in [0.2, 0.25) is 0 Å². The highest BCUT2D eigenvalue weighted by Gasteiger charge is 2.35. The van der Waals surface area contributed by atoms with Gasteiger partial charge in [-0.25, -0.2) is 0 Å². The summed E-state index contributed by atoms with van der Waals surface area (Å²) in [7, 11) is 0. The second kappa shape index (κ2) is 10.7. The number of alkyl halides is 3. The predicted octanol–water partition coefficient (Wildman–Crippen LogP) is 13.5. The lowest BCUT2D eigenvalue weighted by atomic mass is 9.80. The van der Waals surface area contributed by atoms with Gasteiger partial charge in [0.2, 0.25) is 0 Å². The van der Waals surface area contributed by atoms with Crippen LogP contribution in [0, 0.1) is 0 Å². The molecular weight excluding hydrogens is 610 g/mol. The molecule has 0 heterocycles. The highest BCUT2D eigenvalue weighted by molar-refractivity contribution is 6.22. The molecule has 0 aromatic heterocycles. The van der Waals surface area contributed by atoms with Crippen LogP contribution in [0.25, 0.3) is 76.8 Å². The SMILES string of the molecule is CC1(C)c2ccccc2-c2ccc(-c3c4ccccc4c(-c4ccc(C(F)(F)F)cc4)c4ccc(-c5ccc6ccccc6c5)cc34)cc21. The van der Waals surface area contributed by atoms with Gasteiger partial charge in [-0.15, -0.1) is 0 Å². The minimum Gasteiger partial charge on any atom is -0.166 e. The average Bonchev–Trinajstić information content (AvgIpc) is 3.35. The first-order valence-corrected chi connectivity index (χ1v) is 16.6. The molecule has 0 radical (unpaired) electrons. The molecule has 0 saturated carbocycles. The zero-order chi connectivity index (χ0) is 33.5. The Morgan fingerprint density at radius 2 is 0.959 bits per heavy atom. The molecule has 0 atom stereocenters. The van der Waals surface area contributed by atoms with E-state index in [1.165, 1.54) is 45.2 Å². The van der Waals surface area contributed by atoms with Gasteiger partial charge < -0.3 is 0 Å². The quantitative estimate of drug-likeness (QED) is 0.169. The minimum absolute atomic E-state index is 0.163. The standard InChI is InChI=1S/C46H31F3/c1-45(2)41-14-8-7-11-35(41)36-23-20-33(27-42(36)45)44-38-13-6-5-12-37(38)43(29-17-21-34(22-18-29)46(47,48)49)39-24-19-32(26-40(39)44)31-16-15-28-9-3-4-10-30(28)25-31/h3-27H,1-2H3. The topological polar surface area (TPSA) is 0 Å². The molecule has 1 aliphatic rings. The van der Waals surface area contributed by atoms with Gasteiger partial charge in [0.15, 0.2) is 0 Å². The van der Waals surface area contributed by atoms with Gasteiger partial charge in [0.25, 0.3) is 0 Å². The fraction of sp³-hybridized carbons (Fsp3) is 0.0870. The third-order valence-electron chi connectivity index (χ3n) is 10.5. The smallest absolute Gasteiger partial charge is 0.166 e. The highest BCUT2D eigenvalue weighted by atomic mass is 19.4. The summed E-state index contributed by atoms with van der Waals surface area (Å²) in [5.74, 6) is 0. The van der Waals surface area contributed by atoms with Crippen LogP contribution < -0.4 is 0 Å². The molecule has 0 spiro atoms. The van der Waals surface area contributed by atoms with E-state index in [1.807, 2.05) is 6.07 Å². The molecule has 49 heavy (non-hydrogen) atoms. The Bertz CT molecular complexity index is 2610. The molecule has 8 aromatic rings. The summed E-state index contributed by atoms with van der Waals surface area (Å²) in [5, 5.41) is 6.49. The molecule has 3 heteroatoms. The Morgan fingerprint density at radius 1 is 0.408 bits per heavy atom. The summed E-state index contributed by atoms with van der Waals surface area (Å²) in [6.07, 6.45) is -4.40. The molecule has 0 aliphatic heterocycles.